The predicted molar refractivity (Wildman–Crippen MR) is 38.7 cm³/mol. The lowest BCUT2D eigenvalue weighted by atomic mass is 10.0. The SMILES string of the molecule is O=C(O)[C@@H]1CC=CCCC1. The highest BCUT2D eigenvalue weighted by Crippen LogP contribution is 2.17. The molecule has 0 fully saturated rings. The van der Waals surface area contributed by atoms with Gasteiger partial charge in [0.2, 0.25) is 0 Å². The summed E-state index contributed by atoms with van der Waals surface area (Å²) in [6, 6.07) is 0. The van der Waals surface area contributed by atoms with Crippen molar-refractivity contribution >= 4 is 5.97 Å². The highest BCUT2D eigenvalue weighted by Gasteiger charge is 2.15. The number of hydrogen-bond donors (Lipinski definition) is 1. The van der Waals surface area contributed by atoms with E-state index in [4.69, 9.17) is 5.11 Å². The molecule has 1 atom stereocenters. The third-order valence-corrected chi connectivity index (χ3v) is 1.86. The van der Waals surface area contributed by atoms with Crippen LogP contribution in [0.2, 0.25) is 0 Å². The molecule has 1 aliphatic rings. The van der Waals surface area contributed by atoms with Crippen molar-refractivity contribution in [3.8, 4) is 0 Å². The van der Waals surface area contributed by atoms with Gasteiger partial charge in [0.25, 0.3) is 0 Å². The van der Waals surface area contributed by atoms with Gasteiger partial charge in [-0.1, -0.05) is 12.2 Å². The lowest BCUT2D eigenvalue weighted by Gasteiger charge is -2.04. The Morgan fingerprint density at radius 1 is 1.50 bits per heavy atom. The predicted octanol–water partition coefficient (Wildman–Crippen LogP) is 1.82. The second-order valence-electron chi connectivity index (χ2n) is 2.67. The molecule has 1 rings (SSSR count). The van der Waals surface area contributed by atoms with Crippen LogP contribution in [0.4, 0.5) is 0 Å². The van der Waals surface area contributed by atoms with Gasteiger partial charge in [-0.3, -0.25) is 4.79 Å². The monoisotopic (exact) mass is 140 g/mol. The number of aliphatic carboxylic acids is 1. The Morgan fingerprint density at radius 3 is 3.00 bits per heavy atom. The molecule has 0 aliphatic heterocycles. The Balaban J connectivity index is 2.45. The van der Waals surface area contributed by atoms with E-state index >= 15 is 0 Å². The minimum absolute atomic E-state index is 0.126. The third kappa shape index (κ3) is 1.87. The zero-order valence-electron chi connectivity index (χ0n) is 5.92. The van der Waals surface area contributed by atoms with E-state index in [1.54, 1.807) is 0 Å². The van der Waals surface area contributed by atoms with E-state index in [1.807, 2.05) is 6.08 Å². The summed E-state index contributed by atoms with van der Waals surface area (Å²) in [6.07, 6.45) is 7.67. The molecule has 2 nitrogen and oxygen atoms in total. The van der Waals surface area contributed by atoms with E-state index < -0.39 is 5.97 Å². The minimum atomic E-state index is -0.647. The van der Waals surface area contributed by atoms with Gasteiger partial charge in [-0.25, -0.2) is 0 Å². The van der Waals surface area contributed by atoms with E-state index in [-0.39, 0.29) is 5.92 Å². The van der Waals surface area contributed by atoms with Crippen LogP contribution in [-0.2, 0) is 4.79 Å². The average Bonchev–Trinajstić information content (AvgIpc) is 2.12. The summed E-state index contributed by atoms with van der Waals surface area (Å²) < 4.78 is 0. The van der Waals surface area contributed by atoms with Crippen molar-refractivity contribution in [2.45, 2.75) is 25.7 Å². The molecule has 0 amide bonds. The molecule has 1 aliphatic carbocycles. The summed E-state index contributed by atoms with van der Waals surface area (Å²) in [6.45, 7) is 0. The number of rotatable bonds is 1. The van der Waals surface area contributed by atoms with Crippen LogP contribution in [0.15, 0.2) is 12.2 Å². The molecule has 0 aromatic rings. The van der Waals surface area contributed by atoms with E-state index in [0.717, 1.165) is 25.7 Å². The molecule has 1 N–H and O–H groups in total. The van der Waals surface area contributed by atoms with Crippen LogP contribution in [0, 0.1) is 5.92 Å². The summed E-state index contributed by atoms with van der Waals surface area (Å²) in [7, 11) is 0. The first-order chi connectivity index (χ1) is 4.80. The van der Waals surface area contributed by atoms with Crippen molar-refractivity contribution in [1.82, 2.24) is 0 Å². The number of carbonyl (C=O) groups is 1. The summed E-state index contributed by atoms with van der Waals surface area (Å²) in [5.41, 5.74) is 0. The molecule has 0 bridgehead atoms. The smallest absolute Gasteiger partial charge is 0.306 e. The van der Waals surface area contributed by atoms with E-state index in [1.165, 1.54) is 0 Å². The topological polar surface area (TPSA) is 37.3 Å². The lowest BCUT2D eigenvalue weighted by molar-refractivity contribution is -0.141. The molecule has 0 saturated carbocycles. The number of hydrogen-bond acceptors (Lipinski definition) is 1. The Labute approximate surface area is 60.6 Å². The van der Waals surface area contributed by atoms with Crippen molar-refractivity contribution in [3.05, 3.63) is 12.2 Å². The molecule has 0 aromatic heterocycles. The summed E-state index contributed by atoms with van der Waals surface area (Å²) >= 11 is 0. The molecule has 0 saturated heterocycles. The van der Waals surface area contributed by atoms with Crippen LogP contribution in [0.25, 0.3) is 0 Å². The van der Waals surface area contributed by atoms with Gasteiger partial charge in [-0.2, -0.15) is 0 Å². The fourth-order valence-electron chi connectivity index (χ4n) is 1.20. The Bertz CT molecular complexity index is 149. The molecule has 56 valence electrons. The zero-order valence-corrected chi connectivity index (χ0v) is 5.92. The molecule has 0 spiro atoms. The van der Waals surface area contributed by atoms with Crippen molar-refractivity contribution in [3.63, 3.8) is 0 Å². The molecular formula is C8H12O2. The molecule has 0 heterocycles. The van der Waals surface area contributed by atoms with Crippen LogP contribution in [0.1, 0.15) is 25.7 Å². The van der Waals surface area contributed by atoms with Gasteiger partial charge in [0.1, 0.15) is 0 Å². The molecule has 0 unspecified atom stereocenters. The second kappa shape index (κ2) is 3.40. The van der Waals surface area contributed by atoms with Crippen molar-refractivity contribution < 1.29 is 9.90 Å². The summed E-state index contributed by atoms with van der Waals surface area (Å²) in [4.78, 5) is 10.5. The second-order valence-corrected chi connectivity index (χ2v) is 2.67. The first-order valence-corrected chi connectivity index (χ1v) is 3.68. The van der Waals surface area contributed by atoms with E-state index in [9.17, 15) is 4.79 Å². The Hall–Kier alpha value is -0.790. The van der Waals surface area contributed by atoms with Crippen LogP contribution in [0.3, 0.4) is 0 Å². The zero-order chi connectivity index (χ0) is 7.40. The third-order valence-electron chi connectivity index (χ3n) is 1.86. The first-order valence-electron chi connectivity index (χ1n) is 3.68. The standard InChI is InChI=1S/C8H12O2/c9-8(10)7-5-3-1-2-4-6-7/h1,3,7H,2,4-6H2,(H,9,10)/t7-/m1/s1. The number of carboxylic acid groups (broad SMARTS) is 1. The molecular weight excluding hydrogens is 128 g/mol. The molecule has 10 heavy (non-hydrogen) atoms. The number of carboxylic acids is 1. The van der Waals surface area contributed by atoms with Crippen LogP contribution < -0.4 is 0 Å². The quantitative estimate of drug-likeness (QED) is 0.564. The first kappa shape index (κ1) is 7.32. The van der Waals surface area contributed by atoms with Gasteiger partial charge in [-0.05, 0) is 25.7 Å². The maximum absolute atomic E-state index is 10.5. The van der Waals surface area contributed by atoms with E-state index in [0.29, 0.717) is 0 Å². The Morgan fingerprint density at radius 2 is 2.30 bits per heavy atom. The van der Waals surface area contributed by atoms with Crippen molar-refractivity contribution in [2.75, 3.05) is 0 Å². The maximum Gasteiger partial charge on any atom is 0.306 e. The average molecular weight is 140 g/mol. The van der Waals surface area contributed by atoms with Gasteiger partial charge in [-0.15, -0.1) is 0 Å². The summed E-state index contributed by atoms with van der Waals surface area (Å²) in [5.74, 6) is -0.773. The Kier molecular flexibility index (Phi) is 2.49. The fraction of sp³-hybridized carbons (Fsp3) is 0.625. The van der Waals surface area contributed by atoms with Gasteiger partial charge < -0.3 is 5.11 Å². The largest absolute Gasteiger partial charge is 0.481 e. The lowest BCUT2D eigenvalue weighted by Crippen LogP contribution is -2.11. The van der Waals surface area contributed by atoms with Gasteiger partial charge in [0, 0.05) is 0 Å². The van der Waals surface area contributed by atoms with Crippen molar-refractivity contribution in [1.29, 1.82) is 0 Å². The highest BCUT2D eigenvalue weighted by molar-refractivity contribution is 5.70. The fourth-order valence-corrected chi connectivity index (χ4v) is 1.20. The highest BCUT2D eigenvalue weighted by atomic mass is 16.4. The van der Waals surface area contributed by atoms with E-state index in [2.05, 4.69) is 6.08 Å². The van der Waals surface area contributed by atoms with Crippen LogP contribution in [0.5, 0.6) is 0 Å². The minimum Gasteiger partial charge on any atom is -0.481 e. The van der Waals surface area contributed by atoms with Crippen LogP contribution in [-0.4, -0.2) is 11.1 Å². The normalized spacial score (nSPS) is 25.8. The molecule has 0 radical (unpaired) electrons. The van der Waals surface area contributed by atoms with Gasteiger partial charge in [0.05, 0.1) is 5.92 Å². The molecule has 2 heteroatoms. The molecule has 0 aromatic carbocycles. The van der Waals surface area contributed by atoms with Crippen LogP contribution >= 0.6 is 0 Å². The van der Waals surface area contributed by atoms with Gasteiger partial charge in [0.15, 0.2) is 0 Å². The van der Waals surface area contributed by atoms with Crippen molar-refractivity contribution in [2.24, 2.45) is 5.92 Å². The summed E-state index contributed by atoms with van der Waals surface area (Å²) in [5, 5.41) is 8.63. The van der Waals surface area contributed by atoms with Gasteiger partial charge >= 0.3 is 5.97 Å². The maximum atomic E-state index is 10.5. The number of allylic oxidation sites excluding steroid dienone is 2.